The highest BCUT2D eigenvalue weighted by atomic mass is 32.2. The molecule has 1 amide bonds. The SMILES string of the molecule is COc1ccc(S(=O)(=O)NCCCN2CCC(C)CC2)cc1C(=O)N1CCC(C)CC1. The summed E-state index contributed by atoms with van der Waals surface area (Å²) < 4.78 is 33.7. The number of likely N-dealkylation sites (tertiary alicyclic amines) is 2. The van der Waals surface area contributed by atoms with Gasteiger partial charge in [0, 0.05) is 19.6 Å². The van der Waals surface area contributed by atoms with E-state index in [2.05, 4.69) is 23.5 Å². The van der Waals surface area contributed by atoms with Crippen molar-refractivity contribution in [1.29, 1.82) is 0 Å². The second kappa shape index (κ2) is 10.8. The molecule has 0 aliphatic carbocycles. The van der Waals surface area contributed by atoms with Crippen molar-refractivity contribution in [2.75, 3.05) is 46.4 Å². The van der Waals surface area contributed by atoms with Crippen molar-refractivity contribution in [1.82, 2.24) is 14.5 Å². The van der Waals surface area contributed by atoms with E-state index in [-0.39, 0.29) is 10.8 Å². The number of methoxy groups -OCH3 is 1. The highest BCUT2D eigenvalue weighted by molar-refractivity contribution is 7.89. The number of sulfonamides is 1. The number of amides is 1. The van der Waals surface area contributed by atoms with E-state index in [0.29, 0.717) is 36.9 Å². The van der Waals surface area contributed by atoms with Gasteiger partial charge in [0.2, 0.25) is 10.0 Å². The summed E-state index contributed by atoms with van der Waals surface area (Å²) in [5, 5.41) is 0. The zero-order valence-corrected chi connectivity index (χ0v) is 19.9. The summed E-state index contributed by atoms with van der Waals surface area (Å²) in [4.78, 5) is 17.3. The largest absolute Gasteiger partial charge is 0.496 e. The lowest BCUT2D eigenvalue weighted by Crippen LogP contribution is -2.38. The van der Waals surface area contributed by atoms with Crippen LogP contribution in [0.2, 0.25) is 0 Å². The van der Waals surface area contributed by atoms with Gasteiger partial charge in [-0.15, -0.1) is 0 Å². The molecule has 2 aliphatic rings. The molecule has 7 nitrogen and oxygen atoms in total. The van der Waals surface area contributed by atoms with Crippen molar-refractivity contribution in [3.8, 4) is 5.75 Å². The van der Waals surface area contributed by atoms with Crippen molar-refractivity contribution in [2.24, 2.45) is 11.8 Å². The van der Waals surface area contributed by atoms with Gasteiger partial charge in [-0.05, 0) is 81.8 Å². The molecule has 1 aromatic carbocycles. The first-order chi connectivity index (χ1) is 14.8. The average Bonchev–Trinajstić information content (AvgIpc) is 2.77. The third-order valence-electron chi connectivity index (χ3n) is 6.60. The van der Waals surface area contributed by atoms with E-state index in [4.69, 9.17) is 4.74 Å². The molecule has 2 fully saturated rings. The summed E-state index contributed by atoms with van der Waals surface area (Å²) in [6.45, 7) is 9.31. The van der Waals surface area contributed by atoms with Crippen LogP contribution in [0.4, 0.5) is 0 Å². The van der Waals surface area contributed by atoms with Crippen LogP contribution in [-0.2, 0) is 10.0 Å². The minimum atomic E-state index is -3.69. The molecule has 1 aromatic rings. The van der Waals surface area contributed by atoms with Crippen LogP contribution in [0.15, 0.2) is 23.1 Å². The third kappa shape index (κ3) is 6.43. The van der Waals surface area contributed by atoms with Gasteiger partial charge in [-0.25, -0.2) is 13.1 Å². The standard InChI is InChI=1S/C23H37N3O4S/c1-18-7-13-25(14-8-18)12-4-11-24-31(28,29)20-5-6-22(30-3)21(17-20)23(27)26-15-9-19(2)10-16-26/h5-6,17-19,24H,4,7-16H2,1-3H3. The van der Waals surface area contributed by atoms with Crippen molar-refractivity contribution in [3.63, 3.8) is 0 Å². The lowest BCUT2D eigenvalue weighted by Gasteiger charge is -2.30. The highest BCUT2D eigenvalue weighted by Gasteiger charge is 2.26. The zero-order chi connectivity index (χ0) is 22.4. The minimum Gasteiger partial charge on any atom is -0.496 e. The number of rotatable bonds is 8. The molecule has 1 N–H and O–H groups in total. The molecule has 0 radical (unpaired) electrons. The first-order valence-electron chi connectivity index (χ1n) is 11.5. The molecule has 0 aromatic heterocycles. The summed E-state index contributed by atoms with van der Waals surface area (Å²) in [7, 11) is -2.19. The number of nitrogens with one attached hydrogen (secondary N) is 1. The predicted molar refractivity (Wildman–Crippen MR) is 122 cm³/mol. The van der Waals surface area contributed by atoms with E-state index in [1.165, 1.54) is 32.1 Å². The highest BCUT2D eigenvalue weighted by Crippen LogP contribution is 2.26. The van der Waals surface area contributed by atoms with Gasteiger partial charge in [0.15, 0.2) is 0 Å². The van der Waals surface area contributed by atoms with Crippen molar-refractivity contribution in [3.05, 3.63) is 23.8 Å². The Kier molecular flexibility index (Phi) is 8.36. The number of carbonyl (C=O) groups excluding carboxylic acids is 1. The quantitative estimate of drug-likeness (QED) is 0.615. The van der Waals surface area contributed by atoms with Gasteiger partial charge in [0.1, 0.15) is 5.75 Å². The van der Waals surface area contributed by atoms with Crippen LogP contribution in [0.3, 0.4) is 0 Å². The Bertz CT molecular complexity index is 842. The van der Waals surface area contributed by atoms with Gasteiger partial charge in [-0.3, -0.25) is 4.79 Å². The molecule has 0 atom stereocenters. The second-order valence-electron chi connectivity index (χ2n) is 9.11. The van der Waals surface area contributed by atoms with Crippen molar-refractivity contribution in [2.45, 2.75) is 50.8 Å². The lowest BCUT2D eigenvalue weighted by molar-refractivity contribution is 0.0693. The maximum atomic E-state index is 13.0. The molecule has 31 heavy (non-hydrogen) atoms. The number of carbonyl (C=O) groups is 1. The van der Waals surface area contributed by atoms with Gasteiger partial charge < -0.3 is 14.5 Å². The first-order valence-corrected chi connectivity index (χ1v) is 13.0. The van der Waals surface area contributed by atoms with Crippen molar-refractivity contribution < 1.29 is 17.9 Å². The van der Waals surface area contributed by atoms with Crippen LogP contribution in [0.1, 0.15) is 56.3 Å². The van der Waals surface area contributed by atoms with E-state index < -0.39 is 10.0 Å². The Morgan fingerprint density at radius 2 is 1.68 bits per heavy atom. The van der Waals surface area contributed by atoms with Crippen LogP contribution < -0.4 is 9.46 Å². The zero-order valence-electron chi connectivity index (χ0n) is 19.1. The summed E-state index contributed by atoms with van der Waals surface area (Å²) in [6.07, 6.45) is 5.11. The molecule has 8 heteroatoms. The van der Waals surface area contributed by atoms with Gasteiger partial charge in [-0.2, -0.15) is 0 Å². The maximum Gasteiger partial charge on any atom is 0.257 e. The molecule has 2 aliphatic heterocycles. The number of ether oxygens (including phenoxy) is 1. The summed E-state index contributed by atoms with van der Waals surface area (Å²) >= 11 is 0. The molecule has 0 bridgehead atoms. The third-order valence-corrected chi connectivity index (χ3v) is 8.06. The van der Waals surface area contributed by atoms with Crippen LogP contribution in [0.5, 0.6) is 5.75 Å². The maximum absolute atomic E-state index is 13.0. The molecule has 0 spiro atoms. The fourth-order valence-corrected chi connectivity index (χ4v) is 5.38. The number of benzene rings is 1. The first kappa shape index (κ1) is 24.0. The van der Waals surface area contributed by atoms with Crippen LogP contribution in [0.25, 0.3) is 0 Å². The molecule has 2 saturated heterocycles. The number of hydrogen-bond acceptors (Lipinski definition) is 5. The second-order valence-corrected chi connectivity index (χ2v) is 10.9. The summed E-state index contributed by atoms with van der Waals surface area (Å²) in [5.74, 6) is 1.63. The minimum absolute atomic E-state index is 0.105. The van der Waals surface area contributed by atoms with E-state index in [1.54, 1.807) is 11.0 Å². The van der Waals surface area contributed by atoms with E-state index >= 15 is 0 Å². The van der Waals surface area contributed by atoms with Crippen LogP contribution >= 0.6 is 0 Å². The molecular formula is C23H37N3O4S. The molecule has 2 heterocycles. The Morgan fingerprint density at radius 3 is 2.29 bits per heavy atom. The van der Waals surface area contributed by atoms with Crippen molar-refractivity contribution >= 4 is 15.9 Å². The molecule has 0 unspecified atom stereocenters. The number of nitrogens with zero attached hydrogens (tertiary/aromatic N) is 2. The van der Waals surface area contributed by atoms with Gasteiger partial charge in [0.05, 0.1) is 17.6 Å². The molecular weight excluding hydrogens is 414 g/mol. The van der Waals surface area contributed by atoms with Gasteiger partial charge >= 0.3 is 0 Å². The van der Waals surface area contributed by atoms with Crippen LogP contribution in [-0.4, -0.2) is 70.5 Å². The Morgan fingerprint density at radius 1 is 1.06 bits per heavy atom. The Hall–Kier alpha value is -1.64. The van der Waals surface area contributed by atoms with E-state index in [0.717, 1.165) is 44.8 Å². The Labute approximate surface area is 187 Å². The summed E-state index contributed by atoms with van der Waals surface area (Å²) in [6, 6.07) is 4.53. The number of hydrogen-bond donors (Lipinski definition) is 1. The summed E-state index contributed by atoms with van der Waals surface area (Å²) in [5.41, 5.74) is 0.308. The molecule has 3 rings (SSSR count). The monoisotopic (exact) mass is 451 g/mol. The van der Waals surface area contributed by atoms with Crippen LogP contribution in [0, 0.1) is 11.8 Å². The van der Waals surface area contributed by atoms with Gasteiger partial charge in [0.25, 0.3) is 5.91 Å². The topological polar surface area (TPSA) is 79.0 Å². The fourth-order valence-electron chi connectivity index (χ4n) is 4.28. The normalized spacial score (nSPS) is 19.5. The Balaban J connectivity index is 1.61. The smallest absolute Gasteiger partial charge is 0.257 e. The van der Waals surface area contributed by atoms with E-state index in [1.807, 2.05) is 0 Å². The van der Waals surface area contributed by atoms with Gasteiger partial charge in [-0.1, -0.05) is 13.8 Å². The fraction of sp³-hybridized carbons (Fsp3) is 0.696. The van der Waals surface area contributed by atoms with E-state index in [9.17, 15) is 13.2 Å². The average molecular weight is 452 g/mol. The molecule has 0 saturated carbocycles. The number of piperidine rings is 2. The molecule has 174 valence electrons. The predicted octanol–water partition coefficient (Wildman–Crippen LogP) is 2.97. The lowest BCUT2D eigenvalue weighted by atomic mass is 9.98.